The molecule has 0 saturated heterocycles. The molecular weight excluding hydrogens is 384 g/mol. The van der Waals surface area contributed by atoms with E-state index >= 15 is 0 Å². The molecule has 1 atom stereocenters. The quantitative estimate of drug-likeness (QED) is 0.415. The second-order valence-electron chi connectivity index (χ2n) is 7.07. The molecule has 2 aromatic heterocycles. The van der Waals surface area contributed by atoms with Crippen molar-refractivity contribution < 1.29 is 14.3 Å². The van der Waals surface area contributed by atoms with Crippen molar-refractivity contribution in [1.29, 1.82) is 0 Å². The van der Waals surface area contributed by atoms with Crippen molar-refractivity contribution in [1.82, 2.24) is 19.9 Å². The summed E-state index contributed by atoms with van der Waals surface area (Å²) in [5.74, 6) is 2.56. The van der Waals surface area contributed by atoms with Crippen molar-refractivity contribution in [3.63, 3.8) is 0 Å². The van der Waals surface area contributed by atoms with E-state index in [1.807, 2.05) is 0 Å². The average molecular weight is 406 g/mol. The maximum absolute atomic E-state index is 12.6. The first kappa shape index (κ1) is 20.9. The Hall–Kier alpha value is -3.80. The van der Waals surface area contributed by atoms with Gasteiger partial charge in [-0.2, -0.15) is 0 Å². The van der Waals surface area contributed by atoms with E-state index in [9.17, 15) is 9.59 Å². The van der Waals surface area contributed by atoms with Gasteiger partial charge >= 0.3 is 0 Å². The lowest BCUT2D eigenvalue weighted by Gasteiger charge is -2.32. The van der Waals surface area contributed by atoms with Crippen LogP contribution in [0.25, 0.3) is 0 Å². The van der Waals surface area contributed by atoms with E-state index in [2.05, 4.69) is 25.9 Å². The highest BCUT2D eigenvalue weighted by molar-refractivity contribution is 5.98. The Balaban J connectivity index is 1.73. The van der Waals surface area contributed by atoms with Gasteiger partial charge < -0.3 is 10.5 Å². The van der Waals surface area contributed by atoms with Gasteiger partial charge in [0.25, 0.3) is 0 Å². The Morgan fingerprint density at radius 1 is 1.37 bits per heavy atom. The van der Waals surface area contributed by atoms with Crippen LogP contribution in [0.3, 0.4) is 0 Å². The van der Waals surface area contributed by atoms with Crippen LogP contribution in [-0.2, 0) is 16.8 Å². The smallest absolute Gasteiger partial charge is 0.232 e. The van der Waals surface area contributed by atoms with Crippen LogP contribution in [0.15, 0.2) is 35.7 Å². The van der Waals surface area contributed by atoms with Gasteiger partial charge in [-0.1, -0.05) is 0 Å². The number of aliphatic imine (C=N–C) groups is 1. The number of nitrogens with two attached hydrogens (primary N) is 1. The van der Waals surface area contributed by atoms with Gasteiger partial charge in [-0.15, -0.1) is 12.3 Å². The summed E-state index contributed by atoms with van der Waals surface area (Å²) < 4.78 is 5.33. The minimum Gasteiger partial charge on any atom is -0.476 e. The fraction of sp³-hybridized carbons (Fsp3) is 0.333. The summed E-state index contributed by atoms with van der Waals surface area (Å²) in [5, 5.41) is 0. The molecule has 0 fully saturated rings. The molecule has 1 unspecified atom stereocenters. The lowest BCUT2D eigenvalue weighted by atomic mass is 9.90. The number of carbonyl (C=O) groups excluding carboxylic acids is 2. The molecule has 0 spiro atoms. The number of Topliss-reactive ketones (excluding diaryl/α,β-unsaturated/α-hetero) is 1. The average Bonchev–Trinajstić information content (AvgIpc) is 2.73. The van der Waals surface area contributed by atoms with E-state index in [4.69, 9.17) is 16.9 Å². The number of pyridine rings is 1. The zero-order chi connectivity index (χ0) is 21.7. The van der Waals surface area contributed by atoms with Crippen molar-refractivity contribution >= 4 is 17.6 Å². The molecule has 154 valence electrons. The summed E-state index contributed by atoms with van der Waals surface area (Å²) in [6, 6.07) is 3.50. The van der Waals surface area contributed by atoms with Crippen molar-refractivity contribution in [3.05, 3.63) is 47.7 Å². The third-order valence-electron chi connectivity index (χ3n) is 4.73. The normalized spacial score (nSPS) is 18.5. The Bertz CT molecular complexity index is 1030. The standard InChI is InChI=1S/C21H22N6O3/c1-4-5-8-30-18-13-24-15(12-25-18)16(28)9-14-6-7-23-17(10-14)21(2)11-19(29)27(3)20(22)26-21/h1,6-7,10,12-13H,5,8-9,11H2,2-3H3,(H2,22,26). The van der Waals surface area contributed by atoms with E-state index in [0.717, 1.165) is 5.56 Å². The maximum Gasteiger partial charge on any atom is 0.232 e. The lowest BCUT2D eigenvalue weighted by molar-refractivity contribution is -0.128. The Morgan fingerprint density at radius 2 is 2.17 bits per heavy atom. The van der Waals surface area contributed by atoms with Crippen LogP contribution in [-0.4, -0.2) is 51.2 Å². The van der Waals surface area contributed by atoms with E-state index < -0.39 is 5.54 Å². The molecule has 1 amide bonds. The predicted molar refractivity (Wildman–Crippen MR) is 110 cm³/mol. The van der Waals surface area contributed by atoms with Crippen molar-refractivity contribution in [3.8, 4) is 18.2 Å². The van der Waals surface area contributed by atoms with Gasteiger partial charge in [0.05, 0.1) is 24.5 Å². The van der Waals surface area contributed by atoms with Crippen molar-refractivity contribution in [2.24, 2.45) is 10.7 Å². The van der Waals surface area contributed by atoms with Crippen LogP contribution in [0, 0.1) is 12.3 Å². The third-order valence-corrected chi connectivity index (χ3v) is 4.73. The molecule has 1 aliphatic rings. The molecule has 3 heterocycles. The number of guanidine groups is 1. The molecule has 0 aliphatic carbocycles. The van der Waals surface area contributed by atoms with Gasteiger partial charge in [-0.3, -0.25) is 19.5 Å². The first-order valence-electron chi connectivity index (χ1n) is 9.31. The van der Waals surface area contributed by atoms with Crippen LogP contribution < -0.4 is 10.5 Å². The highest BCUT2D eigenvalue weighted by atomic mass is 16.5. The van der Waals surface area contributed by atoms with Gasteiger partial charge in [-0.05, 0) is 24.6 Å². The molecule has 9 heteroatoms. The number of ketones is 1. The summed E-state index contributed by atoms with van der Waals surface area (Å²) in [4.78, 5) is 43.1. The van der Waals surface area contributed by atoms with Crippen LogP contribution in [0.4, 0.5) is 0 Å². The van der Waals surface area contributed by atoms with E-state index in [0.29, 0.717) is 24.6 Å². The number of terminal acetylenes is 1. The lowest BCUT2D eigenvalue weighted by Crippen LogP contribution is -2.47. The summed E-state index contributed by atoms with van der Waals surface area (Å²) in [6.07, 6.45) is 10.2. The molecule has 9 nitrogen and oxygen atoms in total. The first-order chi connectivity index (χ1) is 14.3. The number of aromatic nitrogens is 3. The molecule has 0 saturated carbocycles. The fourth-order valence-corrected chi connectivity index (χ4v) is 2.96. The van der Waals surface area contributed by atoms with E-state index in [1.54, 1.807) is 32.3 Å². The first-order valence-corrected chi connectivity index (χ1v) is 9.31. The number of nitrogens with zero attached hydrogens (tertiary/aromatic N) is 5. The summed E-state index contributed by atoms with van der Waals surface area (Å²) in [5.41, 5.74) is 6.50. The molecule has 30 heavy (non-hydrogen) atoms. The monoisotopic (exact) mass is 406 g/mol. The number of hydrogen-bond acceptors (Lipinski definition) is 8. The van der Waals surface area contributed by atoms with E-state index in [1.165, 1.54) is 17.3 Å². The number of hydrogen-bond donors (Lipinski definition) is 1. The Morgan fingerprint density at radius 3 is 2.83 bits per heavy atom. The second kappa shape index (κ2) is 8.69. The molecule has 1 aliphatic heterocycles. The highest BCUT2D eigenvalue weighted by Crippen LogP contribution is 2.31. The maximum atomic E-state index is 12.6. The van der Waals surface area contributed by atoms with Crippen LogP contribution in [0.2, 0.25) is 0 Å². The van der Waals surface area contributed by atoms with Crippen LogP contribution >= 0.6 is 0 Å². The van der Waals surface area contributed by atoms with Gasteiger partial charge in [0, 0.05) is 26.1 Å². The zero-order valence-electron chi connectivity index (χ0n) is 16.8. The molecule has 0 radical (unpaired) electrons. The van der Waals surface area contributed by atoms with Crippen molar-refractivity contribution in [2.45, 2.75) is 31.7 Å². The number of ether oxygens (including phenoxy) is 1. The van der Waals surface area contributed by atoms with Gasteiger partial charge in [0.2, 0.25) is 11.8 Å². The van der Waals surface area contributed by atoms with E-state index in [-0.39, 0.29) is 36.2 Å². The number of carbonyl (C=O) groups is 2. The number of rotatable bonds is 7. The molecule has 2 N–H and O–H groups in total. The zero-order valence-corrected chi connectivity index (χ0v) is 16.8. The SMILES string of the molecule is C#CCCOc1cnc(C(=O)Cc2ccnc(C3(C)CC(=O)N(C)C(N)=N3)c2)cn1. The summed E-state index contributed by atoms with van der Waals surface area (Å²) >= 11 is 0. The van der Waals surface area contributed by atoms with Gasteiger partial charge in [-0.25, -0.2) is 15.0 Å². The summed E-state index contributed by atoms with van der Waals surface area (Å²) in [6.45, 7) is 2.13. The minimum atomic E-state index is -0.885. The Labute approximate surface area is 174 Å². The molecule has 0 aromatic carbocycles. The van der Waals surface area contributed by atoms with Crippen LogP contribution in [0.5, 0.6) is 5.88 Å². The number of amides is 1. The molecule has 0 bridgehead atoms. The predicted octanol–water partition coefficient (Wildman–Crippen LogP) is 1.09. The molecule has 3 rings (SSSR count). The van der Waals surface area contributed by atoms with Gasteiger partial charge in [0.1, 0.15) is 17.8 Å². The van der Waals surface area contributed by atoms with Crippen molar-refractivity contribution in [2.75, 3.05) is 13.7 Å². The topological polar surface area (TPSA) is 124 Å². The van der Waals surface area contributed by atoms with Crippen LogP contribution in [0.1, 0.15) is 41.5 Å². The highest BCUT2D eigenvalue weighted by Gasteiger charge is 2.37. The molecule has 2 aromatic rings. The van der Waals surface area contributed by atoms with Gasteiger partial charge in [0.15, 0.2) is 11.7 Å². The minimum absolute atomic E-state index is 0.102. The Kier molecular flexibility index (Phi) is 6.06. The largest absolute Gasteiger partial charge is 0.476 e. The second-order valence-corrected chi connectivity index (χ2v) is 7.07. The third kappa shape index (κ3) is 4.60. The molecular formula is C21H22N6O3. The fourth-order valence-electron chi connectivity index (χ4n) is 2.96. The summed E-state index contributed by atoms with van der Waals surface area (Å²) in [7, 11) is 1.58.